The molecular formula is C27H36NO5+. The van der Waals surface area contributed by atoms with Crippen LogP contribution in [-0.2, 0) is 6.42 Å². The number of rotatable bonds is 12. The fraction of sp³-hybridized carbons (Fsp3) is 0.444. The summed E-state index contributed by atoms with van der Waals surface area (Å²) in [4.78, 5) is 13.7. The molecule has 0 spiro atoms. The highest BCUT2D eigenvalue weighted by Crippen LogP contribution is 2.40. The maximum atomic E-state index is 13.7. The molecule has 0 saturated carbocycles. The zero-order valence-corrected chi connectivity index (χ0v) is 20.7. The number of nitrogens with zero attached hydrogens (tertiary/aromatic N) is 1. The van der Waals surface area contributed by atoms with Crippen LogP contribution in [0.2, 0.25) is 0 Å². The van der Waals surface area contributed by atoms with Crippen LogP contribution in [0.1, 0.15) is 47.9 Å². The molecule has 178 valence electrons. The molecule has 0 bridgehead atoms. The first-order valence-electron chi connectivity index (χ1n) is 11.5. The van der Waals surface area contributed by atoms with Gasteiger partial charge in [0.15, 0.2) is 17.3 Å². The van der Waals surface area contributed by atoms with Crippen molar-refractivity contribution in [3.05, 3.63) is 53.3 Å². The number of ether oxygens (including phenoxy) is 3. The monoisotopic (exact) mass is 454 g/mol. The van der Waals surface area contributed by atoms with Gasteiger partial charge in [0.1, 0.15) is 11.3 Å². The van der Waals surface area contributed by atoms with Crippen molar-refractivity contribution in [2.24, 2.45) is 0 Å². The first kappa shape index (κ1) is 24.6. The molecule has 0 atom stereocenters. The Kier molecular flexibility index (Phi) is 8.03. The Bertz CT molecular complexity index is 1070. The fourth-order valence-corrected chi connectivity index (χ4v) is 3.87. The van der Waals surface area contributed by atoms with Crippen LogP contribution in [0.15, 0.2) is 40.8 Å². The minimum Gasteiger partial charge on any atom is -0.493 e. The minimum atomic E-state index is -0.112. The van der Waals surface area contributed by atoms with E-state index in [1.54, 1.807) is 26.4 Å². The highest BCUT2D eigenvalue weighted by atomic mass is 16.5. The molecule has 0 fully saturated rings. The molecule has 1 heterocycles. The Labute approximate surface area is 196 Å². The molecule has 1 aromatic heterocycles. The van der Waals surface area contributed by atoms with Crippen molar-refractivity contribution in [3.8, 4) is 17.2 Å². The van der Waals surface area contributed by atoms with E-state index in [2.05, 4.69) is 28.1 Å². The average Bonchev–Trinajstić information content (AvgIpc) is 3.17. The summed E-state index contributed by atoms with van der Waals surface area (Å²) in [6.07, 6.45) is 3.57. The molecule has 0 aliphatic heterocycles. The van der Waals surface area contributed by atoms with E-state index in [0.29, 0.717) is 41.4 Å². The van der Waals surface area contributed by atoms with E-state index in [1.165, 1.54) is 0 Å². The highest BCUT2D eigenvalue weighted by molar-refractivity contribution is 6.17. The zero-order chi connectivity index (χ0) is 24.0. The number of carbonyl (C=O) groups is 1. The number of furan rings is 1. The number of hydrogen-bond acceptors (Lipinski definition) is 5. The lowest BCUT2D eigenvalue weighted by atomic mass is 9.97. The van der Waals surface area contributed by atoms with Gasteiger partial charge in [0, 0.05) is 23.8 Å². The van der Waals surface area contributed by atoms with Crippen LogP contribution in [0.25, 0.3) is 11.0 Å². The molecule has 0 aliphatic rings. The molecular weight excluding hydrogens is 418 g/mol. The van der Waals surface area contributed by atoms with E-state index in [1.807, 2.05) is 24.3 Å². The van der Waals surface area contributed by atoms with Crippen LogP contribution in [-0.4, -0.2) is 58.8 Å². The van der Waals surface area contributed by atoms with Crippen molar-refractivity contribution in [1.29, 1.82) is 0 Å². The van der Waals surface area contributed by atoms with Crippen LogP contribution < -0.4 is 14.2 Å². The van der Waals surface area contributed by atoms with Crippen molar-refractivity contribution in [1.82, 2.24) is 0 Å². The van der Waals surface area contributed by atoms with Gasteiger partial charge in [-0.05, 0) is 24.6 Å². The molecule has 3 aromatic rings. The van der Waals surface area contributed by atoms with Crippen LogP contribution >= 0.6 is 0 Å². The lowest BCUT2D eigenvalue weighted by molar-refractivity contribution is -0.870. The van der Waals surface area contributed by atoms with E-state index >= 15 is 0 Å². The van der Waals surface area contributed by atoms with Crippen molar-refractivity contribution < 1.29 is 27.9 Å². The molecule has 6 nitrogen and oxygen atoms in total. The van der Waals surface area contributed by atoms with Crippen LogP contribution in [0, 0.1) is 0 Å². The van der Waals surface area contributed by atoms with Gasteiger partial charge in [-0.15, -0.1) is 0 Å². The molecule has 0 radical (unpaired) electrons. The van der Waals surface area contributed by atoms with Gasteiger partial charge in [-0.2, -0.15) is 0 Å². The molecule has 0 aliphatic carbocycles. The van der Waals surface area contributed by atoms with E-state index < -0.39 is 0 Å². The molecule has 3 rings (SSSR count). The van der Waals surface area contributed by atoms with Gasteiger partial charge >= 0.3 is 0 Å². The maximum absolute atomic E-state index is 13.7. The van der Waals surface area contributed by atoms with Crippen molar-refractivity contribution in [3.63, 3.8) is 0 Å². The molecule has 0 N–H and O–H groups in total. The van der Waals surface area contributed by atoms with Gasteiger partial charge in [-0.3, -0.25) is 4.79 Å². The number of methoxy groups -OCH3 is 2. The smallest absolute Gasteiger partial charge is 0.203 e. The van der Waals surface area contributed by atoms with Crippen LogP contribution in [0.4, 0.5) is 0 Å². The van der Waals surface area contributed by atoms with E-state index in [-0.39, 0.29) is 5.78 Å². The summed E-state index contributed by atoms with van der Waals surface area (Å²) >= 11 is 0. The predicted molar refractivity (Wildman–Crippen MR) is 131 cm³/mol. The third kappa shape index (κ3) is 5.88. The highest BCUT2D eigenvalue weighted by Gasteiger charge is 2.25. The molecule has 6 heteroatoms. The molecule has 33 heavy (non-hydrogen) atoms. The Balaban J connectivity index is 1.96. The standard InChI is InChI=1S/C27H36NO5/c1-7-8-13-22-25(20-12-9-10-14-21(20)33-22)26(29)19-17-23(30-5)27(24(18-19)31-6)32-16-11-15-28(2,3)4/h9-10,12,14,17-18H,7-8,11,13,15-16H2,1-6H3/q+1. The summed E-state index contributed by atoms with van der Waals surface area (Å²) in [5.74, 6) is 2.08. The number of fused-ring (bicyclic) bond motifs is 1. The maximum Gasteiger partial charge on any atom is 0.203 e. The summed E-state index contributed by atoms with van der Waals surface area (Å²) in [5.41, 5.74) is 1.81. The quantitative estimate of drug-likeness (QED) is 0.205. The number of aryl methyl sites for hydroxylation is 1. The summed E-state index contributed by atoms with van der Waals surface area (Å²) in [6.45, 7) is 3.64. The fourth-order valence-electron chi connectivity index (χ4n) is 3.87. The largest absolute Gasteiger partial charge is 0.493 e. The Hall–Kier alpha value is -2.99. The Morgan fingerprint density at radius 1 is 1.00 bits per heavy atom. The van der Waals surface area contributed by atoms with Gasteiger partial charge in [-0.25, -0.2) is 0 Å². The minimum absolute atomic E-state index is 0.112. The number of benzene rings is 2. The van der Waals surface area contributed by atoms with Crippen molar-refractivity contribution in [2.75, 3.05) is 48.5 Å². The first-order chi connectivity index (χ1) is 15.8. The average molecular weight is 455 g/mol. The SMILES string of the molecule is CCCCc1oc2ccccc2c1C(=O)c1cc(OC)c(OCCC[N+](C)(C)C)c(OC)c1. The topological polar surface area (TPSA) is 57.9 Å². The van der Waals surface area contributed by atoms with Gasteiger partial charge in [0.05, 0.1) is 54.1 Å². The van der Waals surface area contributed by atoms with E-state index in [0.717, 1.165) is 47.0 Å². The first-order valence-corrected chi connectivity index (χ1v) is 11.5. The number of ketones is 1. The second kappa shape index (κ2) is 10.8. The van der Waals surface area contributed by atoms with E-state index in [4.69, 9.17) is 18.6 Å². The molecule has 2 aromatic carbocycles. The van der Waals surface area contributed by atoms with Gasteiger partial charge in [0.2, 0.25) is 5.75 Å². The number of quaternary nitrogens is 1. The molecule has 0 amide bonds. The second-order valence-electron chi connectivity index (χ2n) is 9.25. The van der Waals surface area contributed by atoms with Gasteiger partial charge < -0.3 is 23.1 Å². The van der Waals surface area contributed by atoms with Crippen LogP contribution in [0.3, 0.4) is 0 Å². The van der Waals surface area contributed by atoms with E-state index in [9.17, 15) is 4.79 Å². The number of unbranched alkanes of at least 4 members (excludes halogenated alkanes) is 1. The lowest BCUT2D eigenvalue weighted by Crippen LogP contribution is -2.35. The third-order valence-corrected chi connectivity index (χ3v) is 5.60. The summed E-state index contributed by atoms with van der Waals surface area (Å²) in [6, 6.07) is 11.1. The Morgan fingerprint density at radius 3 is 2.27 bits per heavy atom. The second-order valence-corrected chi connectivity index (χ2v) is 9.25. The Morgan fingerprint density at radius 2 is 1.67 bits per heavy atom. The molecule has 0 saturated heterocycles. The van der Waals surface area contributed by atoms with Gasteiger partial charge in [-0.1, -0.05) is 31.5 Å². The predicted octanol–water partition coefficient (Wildman–Crippen LogP) is 5.50. The third-order valence-electron chi connectivity index (χ3n) is 5.60. The number of hydrogen-bond donors (Lipinski definition) is 0. The zero-order valence-electron chi connectivity index (χ0n) is 20.7. The summed E-state index contributed by atoms with van der Waals surface area (Å²) in [5, 5.41) is 0.826. The molecule has 0 unspecified atom stereocenters. The van der Waals surface area contributed by atoms with Crippen molar-refractivity contribution >= 4 is 16.8 Å². The number of para-hydroxylation sites is 1. The summed E-state index contributed by atoms with van der Waals surface area (Å²) in [7, 11) is 9.59. The van der Waals surface area contributed by atoms with Crippen molar-refractivity contribution in [2.45, 2.75) is 32.6 Å². The number of carbonyl (C=O) groups excluding carboxylic acids is 1. The lowest BCUT2D eigenvalue weighted by Gasteiger charge is -2.24. The summed E-state index contributed by atoms with van der Waals surface area (Å²) < 4.78 is 24.1. The van der Waals surface area contributed by atoms with Gasteiger partial charge in [0.25, 0.3) is 0 Å². The normalized spacial score (nSPS) is 11.6. The van der Waals surface area contributed by atoms with Crippen LogP contribution in [0.5, 0.6) is 17.2 Å².